The van der Waals surface area contributed by atoms with Crippen molar-refractivity contribution < 1.29 is 19.1 Å². The van der Waals surface area contributed by atoms with Gasteiger partial charge in [0, 0.05) is 39.5 Å². The van der Waals surface area contributed by atoms with Gasteiger partial charge in [-0.25, -0.2) is 9.78 Å². The van der Waals surface area contributed by atoms with Crippen LogP contribution in [-0.4, -0.2) is 62.0 Å². The largest absolute Gasteiger partial charge is 0.444 e. The minimum Gasteiger partial charge on any atom is -0.444 e. The van der Waals surface area contributed by atoms with Crippen LogP contribution in [-0.2, 0) is 19.7 Å². The second-order valence-electron chi connectivity index (χ2n) is 10.5. The topological polar surface area (TPSA) is 72.0 Å². The Morgan fingerprint density at radius 2 is 1.90 bits per heavy atom. The van der Waals surface area contributed by atoms with E-state index >= 15 is 0 Å². The maximum Gasteiger partial charge on any atom is 0.410 e. The van der Waals surface area contributed by atoms with Crippen molar-refractivity contribution in [3.05, 3.63) is 23.9 Å². The van der Waals surface area contributed by atoms with Crippen molar-refractivity contribution in [3.63, 3.8) is 0 Å². The van der Waals surface area contributed by atoms with Gasteiger partial charge in [0.1, 0.15) is 18.1 Å². The molecule has 0 saturated carbocycles. The molecule has 30 heavy (non-hydrogen) atoms. The summed E-state index contributed by atoms with van der Waals surface area (Å²) >= 11 is 0. The van der Waals surface area contributed by atoms with E-state index in [4.69, 9.17) is 9.47 Å². The van der Waals surface area contributed by atoms with Crippen LogP contribution in [0.3, 0.4) is 0 Å². The number of hydrogen-bond acceptors (Lipinski definition) is 5. The standard InChI is InChI=1S/C22H35N3O4Si/c1-21(2,3)29-20(27)24-12-9-22(10-13-24)17-8-7-11-23-18(17)25(19(22)26)16-28-14-15-30(4,5)6/h7-8,11H,9-10,12-16H2,1-6H3. The molecule has 1 spiro atoms. The highest BCUT2D eigenvalue weighted by Crippen LogP contribution is 2.47. The van der Waals surface area contributed by atoms with Gasteiger partial charge in [-0.1, -0.05) is 25.7 Å². The zero-order valence-electron chi connectivity index (χ0n) is 19.2. The van der Waals surface area contributed by atoms with Crippen molar-refractivity contribution >= 4 is 25.9 Å². The fraction of sp³-hybridized carbons (Fsp3) is 0.682. The number of hydrogen-bond donors (Lipinski definition) is 0. The number of amides is 2. The lowest BCUT2D eigenvalue weighted by molar-refractivity contribution is -0.126. The zero-order valence-corrected chi connectivity index (χ0v) is 20.2. The Kier molecular flexibility index (Phi) is 6.29. The van der Waals surface area contributed by atoms with Crippen LogP contribution in [0.1, 0.15) is 39.2 Å². The van der Waals surface area contributed by atoms with Crippen molar-refractivity contribution in [2.75, 3.05) is 31.3 Å². The number of nitrogens with zero attached hydrogens (tertiary/aromatic N) is 3. The van der Waals surface area contributed by atoms with Gasteiger partial charge in [0.2, 0.25) is 5.91 Å². The molecule has 7 nitrogen and oxygen atoms in total. The van der Waals surface area contributed by atoms with E-state index in [1.165, 1.54) is 0 Å². The Morgan fingerprint density at radius 1 is 1.23 bits per heavy atom. The van der Waals surface area contributed by atoms with Crippen molar-refractivity contribution in [2.45, 2.75) is 70.3 Å². The number of anilines is 1. The summed E-state index contributed by atoms with van der Waals surface area (Å²) in [7, 11) is -1.19. The van der Waals surface area contributed by atoms with Crippen LogP contribution in [0.5, 0.6) is 0 Å². The maximum absolute atomic E-state index is 13.5. The van der Waals surface area contributed by atoms with Gasteiger partial charge in [-0.2, -0.15) is 0 Å². The van der Waals surface area contributed by atoms with Crippen LogP contribution in [0.25, 0.3) is 0 Å². The minimum atomic E-state index is -1.19. The molecule has 1 fully saturated rings. The van der Waals surface area contributed by atoms with Gasteiger partial charge >= 0.3 is 6.09 Å². The molecule has 0 unspecified atom stereocenters. The van der Waals surface area contributed by atoms with E-state index in [1.807, 2.05) is 32.9 Å². The summed E-state index contributed by atoms with van der Waals surface area (Å²) in [4.78, 5) is 33.8. The summed E-state index contributed by atoms with van der Waals surface area (Å²) in [5.41, 5.74) is -0.215. The Labute approximate surface area is 180 Å². The zero-order chi connectivity index (χ0) is 22.2. The summed E-state index contributed by atoms with van der Waals surface area (Å²) in [5.74, 6) is 0.731. The summed E-state index contributed by atoms with van der Waals surface area (Å²) in [5, 5.41) is 0. The molecule has 166 valence electrons. The Hall–Kier alpha value is -1.93. The van der Waals surface area contributed by atoms with Crippen LogP contribution < -0.4 is 4.90 Å². The first-order valence-corrected chi connectivity index (χ1v) is 14.5. The van der Waals surface area contributed by atoms with E-state index in [-0.39, 0.29) is 18.7 Å². The molecule has 2 aliphatic heterocycles. The molecule has 8 heteroatoms. The average Bonchev–Trinajstić information content (AvgIpc) is 2.86. The highest BCUT2D eigenvalue weighted by atomic mass is 28.3. The number of piperidine rings is 1. The normalized spacial score (nSPS) is 18.7. The van der Waals surface area contributed by atoms with Crippen molar-refractivity contribution in [2.24, 2.45) is 0 Å². The second-order valence-corrected chi connectivity index (χ2v) is 16.1. The van der Waals surface area contributed by atoms with E-state index in [9.17, 15) is 9.59 Å². The van der Waals surface area contributed by atoms with Gasteiger partial charge in [0.05, 0.1) is 5.41 Å². The lowest BCUT2D eigenvalue weighted by Crippen LogP contribution is -2.51. The molecular weight excluding hydrogens is 398 g/mol. The minimum absolute atomic E-state index is 0.0352. The first-order valence-electron chi connectivity index (χ1n) is 10.8. The molecule has 0 atom stereocenters. The number of carbonyl (C=O) groups excluding carboxylic acids is 2. The number of aromatic nitrogens is 1. The second kappa shape index (κ2) is 8.30. The Balaban J connectivity index is 1.71. The van der Waals surface area contributed by atoms with Crippen LogP contribution in [0, 0.1) is 0 Å². The first-order chi connectivity index (χ1) is 13.9. The molecule has 1 saturated heterocycles. The van der Waals surface area contributed by atoms with Gasteiger partial charge < -0.3 is 14.4 Å². The van der Waals surface area contributed by atoms with Crippen LogP contribution >= 0.6 is 0 Å². The molecule has 2 aliphatic rings. The van der Waals surface area contributed by atoms with E-state index in [0.717, 1.165) is 11.6 Å². The van der Waals surface area contributed by atoms with E-state index < -0.39 is 19.1 Å². The van der Waals surface area contributed by atoms with Crippen molar-refractivity contribution in [1.29, 1.82) is 0 Å². The van der Waals surface area contributed by atoms with Crippen molar-refractivity contribution in [1.82, 2.24) is 9.88 Å². The van der Waals surface area contributed by atoms with Gasteiger partial charge in [-0.05, 0) is 45.7 Å². The lowest BCUT2D eigenvalue weighted by atomic mass is 9.74. The number of pyridine rings is 1. The molecule has 0 aromatic carbocycles. The molecule has 0 N–H and O–H groups in total. The summed E-state index contributed by atoms with van der Waals surface area (Å²) < 4.78 is 11.4. The fourth-order valence-corrected chi connectivity index (χ4v) is 4.75. The summed E-state index contributed by atoms with van der Waals surface area (Å²) in [6.45, 7) is 14.4. The van der Waals surface area contributed by atoms with Crippen LogP contribution in [0.2, 0.25) is 25.7 Å². The smallest absolute Gasteiger partial charge is 0.410 e. The highest BCUT2D eigenvalue weighted by molar-refractivity contribution is 6.76. The number of ether oxygens (including phenoxy) is 2. The molecule has 1 aromatic rings. The Bertz CT molecular complexity index is 792. The molecule has 3 rings (SSSR count). The number of likely N-dealkylation sites (tertiary alicyclic amines) is 1. The third-order valence-corrected chi connectivity index (χ3v) is 7.40. The summed E-state index contributed by atoms with van der Waals surface area (Å²) in [6.07, 6.45) is 2.53. The van der Waals surface area contributed by atoms with Gasteiger partial charge in [-0.3, -0.25) is 9.69 Å². The lowest BCUT2D eigenvalue weighted by Gasteiger charge is -2.38. The van der Waals surface area contributed by atoms with Gasteiger partial charge in [-0.15, -0.1) is 0 Å². The number of fused-ring (bicyclic) bond motifs is 2. The highest BCUT2D eigenvalue weighted by Gasteiger charge is 2.53. The predicted octanol–water partition coefficient (Wildman–Crippen LogP) is 4.01. The average molecular weight is 434 g/mol. The van der Waals surface area contributed by atoms with Crippen molar-refractivity contribution in [3.8, 4) is 0 Å². The molecule has 2 amide bonds. The van der Waals surface area contributed by atoms with Crippen LogP contribution in [0.15, 0.2) is 18.3 Å². The predicted molar refractivity (Wildman–Crippen MR) is 119 cm³/mol. The molecule has 0 radical (unpaired) electrons. The third kappa shape index (κ3) is 4.86. The van der Waals surface area contributed by atoms with E-state index in [1.54, 1.807) is 16.0 Å². The third-order valence-electron chi connectivity index (χ3n) is 5.70. The molecule has 1 aromatic heterocycles. The quantitative estimate of drug-likeness (QED) is 0.518. The Morgan fingerprint density at radius 3 is 2.50 bits per heavy atom. The molecular formula is C22H35N3O4Si. The van der Waals surface area contributed by atoms with E-state index in [0.29, 0.717) is 38.4 Å². The van der Waals surface area contributed by atoms with E-state index in [2.05, 4.69) is 24.6 Å². The molecule has 3 heterocycles. The van der Waals surface area contributed by atoms with Gasteiger partial charge in [0.15, 0.2) is 0 Å². The first kappa shape index (κ1) is 22.7. The SMILES string of the molecule is CC(C)(C)OC(=O)N1CCC2(CC1)C(=O)N(COCC[Si](C)(C)C)c1ncccc12. The van der Waals surface area contributed by atoms with Gasteiger partial charge in [0.25, 0.3) is 0 Å². The number of carbonyl (C=O) groups is 2. The fourth-order valence-electron chi connectivity index (χ4n) is 3.99. The maximum atomic E-state index is 13.5. The van der Waals surface area contributed by atoms with Crippen LogP contribution in [0.4, 0.5) is 10.6 Å². The molecule has 0 bridgehead atoms. The summed E-state index contributed by atoms with van der Waals surface area (Å²) in [6, 6.07) is 4.93. The monoisotopic (exact) mass is 433 g/mol. The number of rotatable bonds is 5. The molecule has 0 aliphatic carbocycles.